The zero-order valence-corrected chi connectivity index (χ0v) is 24.0. The van der Waals surface area contributed by atoms with Crippen LogP contribution in [0.3, 0.4) is 0 Å². The second kappa shape index (κ2) is 12.0. The summed E-state index contributed by atoms with van der Waals surface area (Å²) < 4.78 is 0. The smallest absolute Gasteiger partial charge is 0.241 e. The minimum Gasteiger partial charge on any atom is -0.382 e. The Morgan fingerprint density at radius 2 is 1.71 bits per heavy atom. The van der Waals surface area contributed by atoms with Crippen molar-refractivity contribution >= 4 is 28.8 Å². The van der Waals surface area contributed by atoms with Gasteiger partial charge in [0, 0.05) is 61.3 Å². The van der Waals surface area contributed by atoms with E-state index in [4.69, 9.17) is 5.73 Å². The number of hydrogen-bond donors (Lipinski definition) is 3. The molecule has 0 aromatic heterocycles. The van der Waals surface area contributed by atoms with Gasteiger partial charge in [0.1, 0.15) is 12.1 Å². The summed E-state index contributed by atoms with van der Waals surface area (Å²) in [7, 11) is 0. The zero-order chi connectivity index (χ0) is 29.1. The van der Waals surface area contributed by atoms with Crippen molar-refractivity contribution < 1.29 is 9.59 Å². The highest BCUT2D eigenvalue weighted by atomic mass is 16.1. The van der Waals surface area contributed by atoms with E-state index in [0.717, 1.165) is 71.8 Å². The summed E-state index contributed by atoms with van der Waals surface area (Å²) in [6.07, 6.45) is 1.88. The molecule has 212 valence electrons. The lowest BCUT2D eigenvalue weighted by atomic mass is 9.90. The highest BCUT2D eigenvalue weighted by Crippen LogP contribution is 2.32. The molecule has 2 aliphatic rings. The monoisotopic (exact) mass is 550 g/mol. The third kappa shape index (κ3) is 5.77. The quantitative estimate of drug-likeness (QED) is 0.380. The number of nitriles is 1. The molecule has 0 radical (unpaired) electrons. The van der Waals surface area contributed by atoms with Crippen molar-refractivity contribution in [2.24, 2.45) is 5.73 Å². The number of anilines is 3. The van der Waals surface area contributed by atoms with Crippen LogP contribution in [0.25, 0.3) is 0 Å². The van der Waals surface area contributed by atoms with Gasteiger partial charge in [-0.15, -0.1) is 0 Å². The van der Waals surface area contributed by atoms with Crippen LogP contribution in [-0.2, 0) is 4.79 Å². The van der Waals surface area contributed by atoms with Crippen LogP contribution in [0.2, 0.25) is 0 Å². The first kappa shape index (κ1) is 28.2. The standard InChI is InChI=1S/C33H38N6O2/c1-21-18-22(2)31(37-26-12-15-38(16-13-26)28-7-5-4-6-25(28)19-34)23(3)30(21)32(40)24-8-10-27(11-9-24)39-17-14-36-20-29(39)33(35)41/h4-11,18,26,29,36-37H,12-17,20H2,1-3H3,(H2,35,41). The Labute approximate surface area is 242 Å². The Hall–Kier alpha value is -4.35. The molecule has 2 saturated heterocycles. The Morgan fingerprint density at radius 3 is 2.39 bits per heavy atom. The molecular weight excluding hydrogens is 512 g/mol. The number of carbonyl (C=O) groups excluding carboxylic acids is 2. The number of para-hydroxylation sites is 1. The van der Waals surface area contributed by atoms with Crippen molar-refractivity contribution in [3.05, 3.63) is 88.0 Å². The molecule has 1 unspecified atom stereocenters. The summed E-state index contributed by atoms with van der Waals surface area (Å²) in [4.78, 5) is 30.0. The Balaban J connectivity index is 1.32. The van der Waals surface area contributed by atoms with Gasteiger partial charge in [-0.05, 0) is 86.7 Å². The van der Waals surface area contributed by atoms with Gasteiger partial charge >= 0.3 is 0 Å². The van der Waals surface area contributed by atoms with Crippen molar-refractivity contribution in [1.29, 1.82) is 5.26 Å². The maximum Gasteiger partial charge on any atom is 0.241 e. The number of piperidine rings is 1. The molecule has 8 heteroatoms. The normalized spacial score (nSPS) is 17.7. The van der Waals surface area contributed by atoms with Crippen LogP contribution in [0, 0.1) is 32.1 Å². The number of carbonyl (C=O) groups is 2. The Bertz CT molecular complexity index is 1480. The number of ketones is 1. The fourth-order valence-corrected chi connectivity index (χ4v) is 6.29. The van der Waals surface area contributed by atoms with Gasteiger partial charge in [-0.1, -0.05) is 18.2 Å². The molecule has 3 aromatic carbocycles. The SMILES string of the molecule is Cc1cc(C)c(C(=O)c2ccc(N3CCNCC3C(N)=O)cc2)c(C)c1NC1CCN(c2ccccc2C#N)CC1. The summed E-state index contributed by atoms with van der Waals surface area (Å²) >= 11 is 0. The zero-order valence-electron chi connectivity index (χ0n) is 24.0. The van der Waals surface area contributed by atoms with E-state index in [9.17, 15) is 14.9 Å². The van der Waals surface area contributed by atoms with Crippen molar-refractivity contribution in [1.82, 2.24) is 5.32 Å². The number of amides is 1. The van der Waals surface area contributed by atoms with Gasteiger partial charge in [-0.3, -0.25) is 9.59 Å². The molecule has 3 aromatic rings. The molecule has 5 rings (SSSR count). The average Bonchev–Trinajstić information content (AvgIpc) is 2.99. The molecule has 1 atom stereocenters. The van der Waals surface area contributed by atoms with Crippen molar-refractivity contribution in [3.8, 4) is 6.07 Å². The van der Waals surface area contributed by atoms with Gasteiger partial charge in [0.2, 0.25) is 5.91 Å². The number of nitrogens with one attached hydrogen (secondary N) is 2. The van der Waals surface area contributed by atoms with Crippen LogP contribution in [0.4, 0.5) is 17.1 Å². The van der Waals surface area contributed by atoms with E-state index < -0.39 is 6.04 Å². The van der Waals surface area contributed by atoms with Crippen molar-refractivity contribution in [2.45, 2.75) is 45.7 Å². The summed E-state index contributed by atoms with van der Waals surface area (Å²) in [6.45, 7) is 9.80. The van der Waals surface area contributed by atoms with E-state index in [0.29, 0.717) is 24.2 Å². The number of nitrogens with zero attached hydrogens (tertiary/aromatic N) is 3. The van der Waals surface area contributed by atoms with E-state index in [1.807, 2.05) is 67.3 Å². The number of nitrogens with two attached hydrogens (primary N) is 1. The molecule has 2 heterocycles. The molecule has 1 amide bonds. The number of hydrogen-bond acceptors (Lipinski definition) is 7. The molecule has 0 spiro atoms. The van der Waals surface area contributed by atoms with Gasteiger partial charge in [0.25, 0.3) is 0 Å². The maximum absolute atomic E-state index is 13.8. The van der Waals surface area contributed by atoms with E-state index >= 15 is 0 Å². The highest BCUT2D eigenvalue weighted by Gasteiger charge is 2.28. The topological polar surface area (TPSA) is 114 Å². The van der Waals surface area contributed by atoms with E-state index in [2.05, 4.69) is 34.6 Å². The van der Waals surface area contributed by atoms with Crippen LogP contribution < -0.4 is 26.2 Å². The summed E-state index contributed by atoms with van der Waals surface area (Å²) in [5.74, 6) is -0.370. The van der Waals surface area contributed by atoms with Crippen LogP contribution in [0.1, 0.15) is 51.0 Å². The van der Waals surface area contributed by atoms with Gasteiger partial charge in [0.15, 0.2) is 5.78 Å². The van der Waals surface area contributed by atoms with Crippen molar-refractivity contribution in [2.75, 3.05) is 47.8 Å². The first-order valence-corrected chi connectivity index (χ1v) is 14.3. The molecule has 2 fully saturated rings. The fraction of sp³-hybridized carbons (Fsp3) is 0.364. The number of primary amides is 1. The summed E-state index contributed by atoms with van der Waals surface area (Å²) in [6, 6.07) is 19.5. The minimum atomic E-state index is -0.409. The largest absolute Gasteiger partial charge is 0.382 e. The van der Waals surface area contributed by atoms with E-state index in [1.54, 1.807) is 0 Å². The van der Waals surface area contributed by atoms with Gasteiger partial charge in [-0.2, -0.15) is 5.26 Å². The second-order valence-corrected chi connectivity index (χ2v) is 11.1. The highest BCUT2D eigenvalue weighted by molar-refractivity contribution is 6.11. The third-order valence-electron chi connectivity index (χ3n) is 8.44. The summed E-state index contributed by atoms with van der Waals surface area (Å²) in [5, 5.41) is 16.5. The Kier molecular flexibility index (Phi) is 8.27. The predicted molar refractivity (Wildman–Crippen MR) is 164 cm³/mol. The van der Waals surface area contributed by atoms with Gasteiger partial charge in [-0.25, -0.2) is 0 Å². The number of aryl methyl sites for hydroxylation is 2. The van der Waals surface area contributed by atoms with Crippen LogP contribution in [0.5, 0.6) is 0 Å². The molecular formula is C33H38N6O2. The number of benzene rings is 3. The van der Waals surface area contributed by atoms with E-state index in [-0.39, 0.29) is 17.7 Å². The van der Waals surface area contributed by atoms with Crippen LogP contribution in [-0.4, -0.2) is 56.5 Å². The molecule has 0 saturated carbocycles. The van der Waals surface area contributed by atoms with Gasteiger partial charge < -0.3 is 26.2 Å². The first-order valence-electron chi connectivity index (χ1n) is 14.3. The summed E-state index contributed by atoms with van der Waals surface area (Å²) in [5.41, 5.74) is 13.6. The van der Waals surface area contributed by atoms with Gasteiger partial charge in [0.05, 0.1) is 11.3 Å². The lowest BCUT2D eigenvalue weighted by molar-refractivity contribution is -0.119. The van der Waals surface area contributed by atoms with Crippen molar-refractivity contribution in [3.63, 3.8) is 0 Å². The van der Waals surface area contributed by atoms with Crippen LogP contribution in [0.15, 0.2) is 54.6 Å². The molecule has 0 aliphatic carbocycles. The molecule has 8 nitrogen and oxygen atoms in total. The number of rotatable bonds is 7. The predicted octanol–water partition coefficient (Wildman–Crippen LogP) is 4.06. The third-order valence-corrected chi connectivity index (χ3v) is 8.44. The average molecular weight is 551 g/mol. The molecule has 41 heavy (non-hydrogen) atoms. The fourth-order valence-electron chi connectivity index (χ4n) is 6.29. The molecule has 0 bridgehead atoms. The second-order valence-electron chi connectivity index (χ2n) is 11.1. The Morgan fingerprint density at radius 1 is 1.00 bits per heavy atom. The molecule has 2 aliphatic heterocycles. The maximum atomic E-state index is 13.8. The lowest BCUT2D eigenvalue weighted by Gasteiger charge is -2.36. The van der Waals surface area contributed by atoms with Crippen LogP contribution >= 0.6 is 0 Å². The lowest BCUT2D eigenvalue weighted by Crippen LogP contribution is -2.57. The first-order chi connectivity index (χ1) is 19.8. The van der Waals surface area contributed by atoms with E-state index in [1.165, 1.54) is 0 Å². The molecule has 4 N–H and O–H groups in total. The number of piperazine rings is 1. The minimum absolute atomic E-state index is 0.00991.